The minimum Gasteiger partial charge on any atom is -0.396 e. The first-order valence-electron chi connectivity index (χ1n) is 20.9. The van der Waals surface area contributed by atoms with Crippen LogP contribution < -0.4 is 11.2 Å². The fraction of sp³-hybridized carbons (Fsp3) is 0.814. The third-order valence-electron chi connectivity index (χ3n) is 17.7. The monoisotopic (exact) mass is 747 g/mol. The smallest absolute Gasteiger partial charge is 0.330 e. The summed E-state index contributed by atoms with van der Waals surface area (Å²) in [5.41, 5.74) is 2.37. The minimum absolute atomic E-state index is 0.00622. The van der Waals surface area contributed by atoms with Crippen LogP contribution in [0.15, 0.2) is 34.1 Å². The zero-order chi connectivity index (χ0) is 38.6. The Kier molecular flexibility index (Phi) is 9.38. The molecule has 5 aliphatic carbocycles. The topological polar surface area (TPSA) is 144 Å². The molecular weight excluding hydrogens is 683 g/mol. The number of aliphatic hydroxyl groups excluding tert-OH is 2. The molecule has 3 N–H and O–H groups in total. The Balaban J connectivity index is 0.961. The molecule has 3 heterocycles. The summed E-state index contributed by atoms with van der Waals surface area (Å²) in [5.74, 6) is 2.98. The maximum absolute atomic E-state index is 12.6. The number of nitrogens with one attached hydrogen (secondary N) is 1. The van der Waals surface area contributed by atoms with Gasteiger partial charge in [0.15, 0.2) is 0 Å². The predicted molar refractivity (Wildman–Crippen MR) is 205 cm³/mol. The molecule has 0 unspecified atom stereocenters. The van der Waals surface area contributed by atoms with Crippen molar-refractivity contribution in [1.29, 1.82) is 0 Å². The lowest BCUT2D eigenvalue weighted by Crippen LogP contribution is -2.67. The highest BCUT2D eigenvalue weighted by molar-refractivity contribution is 5.21. The van der Waals surface area contributed by atoms with E-state index in [1.54, 1.807) is 11.6 Å². The van der Waals surface area contributed by atoms with Gasteiger partial charge in [-0.1, -0.05) is 52.0 Å². The Labute approximate surface area is 320 Å². The lowest BCUT2D eigenvalue weighted by molar-refractivity contribution is -0.253. The van der Waals surface area contributed by atoms with Crippen molar-refractivity contribution in [1.82, 2.24) is 24.5 Å². The molecule has 54 heavy (non-hydrogen) atoms. The summed E-state index contributed by atoms with van der Waals surface area (Å²) >= 11 is 0. The standard InChI is InChI=1S/C43H65N5O6/c1-25(2)28-11-16-43(24-50)18-17-41(7)29(36(28)43)9-10-33-40(6)14-13-34(39(4,5)32(40)12-15-42(33,41)8)53-23-27-21-48(46-45-27)30-19-35(54-31(30)22-49)47-20-26(3)37(51)44-38(47)52/h20-21,28-36,49-50H,1,9-19,22-24H2,2-8H3,(H,44,51,52)/t28-,29+,30-,31+,32-,33+,34-,35+,36+,40-,41+,42+,43+/m0/s1. The molecular formula is C43H65N5O6. The van der Waals surface area contributed by atoms with E-state index < -0.39 is 23.6 Å². The molecule has 2 aromatic heterocycles. The molecule has 0 radical (unpaired) electrons. The highest BCUT2D eigenvalue weighted by Gasteiger charge is 2.71. The van der Waals surface area contributed by atoms with Crippen LogP contribution in [0.3, 0.4) is 0 Å². The van der Waals surface area contributed by atoms with Gasteiger partial charge in [0.1, 0.15) is 18.0 Å². The molecule has 6 fully saturated rings. The molecule has 0 spiro atoms. The highest BCUT2D eigenvalue weighted by Crippen LogP contribution is 2.77. The Morgan fingerprint density at radius 1 is 0.981 bits per heavy atom. The molecule has 0 aromatic carbocycles. The maximum atomic E-state index is 12.6. The summed E-state index contributed by atoms with van der Waals surface area (Å²) in [6.07, 6.45) is 14.6. The van der Waals surface area contributed by atoms with E-state index in [1.165, 1.54) is 61.3 Å². The molecule has 6 aliphatic rings. The first-order valence-corrected chi connectivity index (χ1v) is 20.9. The van der Waals surface area contributed by atoms with E-state index in [0.29, 0.717) is 54.8 Å². The van der Waals surface area contributed by atoms with Gasteiger partial charge in [-0.05, 0) is 135 Å². The van der Waals surface area contributed by atoms with E-state index in [0.717, 1.165) is 25.0 Å². The number of aromatic nitrogens is 5. The predicted octanol–water partition coefficient (Wildman–Crippen LogP) is 6.49. The van der Waals surface area contributed by atoms with Gasteiger partial charge in [-0.15, -0.1) is 5.10 Å². The average molecular weight is 748 g/mol. The van der Waals surface area contributed by atoms with Gasteiger partial charge in [0, 0.05) is 24.8 Å². The van der Waals surface area contributed by atoms with Crippen molar-refractivity contribution in [2.75, 3.05) is 13.2 Å². The number of aromatic amines is 1. The molecule has 11 nitrogen and oxygen atoms in total. The second-order valence-corrected chi connectivity index (χ2v) is 20.1. The Hall–Kier alpha value is -2.60. The van der Waals surface area contributed by atoms with Crippen LogP contribution in [-0.2, 0) is 16.1 Å². The minimum atomic E-state index is -0.644. The van der Waals surface area contributed by atoms with Crippen LogP contribution >= 0.6 is 0 Å². The third kappa shape index (κ3) is 5.47. The number of allylic oxidation sites excluding steroid dienone is 1. The van der Waals surface area contributed by atoms with Gasteiger partial charge in [-0.25, -0.2) is 9.48 Å². The van der Waals surface area contributed by atoms with Gasteiger partial charge in [0.2, 0.25) is 0 Å². The van der Waals surface area contributed by atoms with Gasteiger partial charge in [0.05, 0.1) is 31.6 Å². The second-order valence-electron chi connectivity index (χ2n) is 20.1. The molecule has 1 aliphatic heterocycles. The van der Waals surface area contributed by atoms with E-state index in [9.17, 15) is 19.8 Å². The van der Waals surface area contributed by atoms with Crippen LogP contribution in [0.1, 0.15) is 136 Å². The zero-order valence-electron chi connectivity index (χ0n) is 33.8. The van der Waals surface area contributed by atoms with E-state index in [-0.39, 0.29) is 45.8 Å². The largest absolute Gasteiger partial charge is 0.396 e. The van der Waals surface area contributed by atoms with Gasteiger partial charge in [-0.2, -0.15) is 0 Å². The van der Waals surface area contributed by atoms with Crippen LogP contribution in [-0.4, -0.2) is 60.2 Å². The summed E-state index contributed by atoms with van der Waals surface area (Å²) < 4.78 is 16.0. The molecule has 0 bridgehead atoms. The van der Waals surface area contributed by atoms with Crippen LogP contribution in [0.25, 0.3) is 0 Å². The summed E-state index contributed by atoms with van der Waals surface area (Å²) in [4.78, 5) is 26.8. The SMILES string of the molecule is C=C(C)[C@@H]1CC[C@]2(CO)CC[C@]3(C)[C@H](CC[C@@H]4[C@@]5(C)CC[C@H](OCc6cn([C@H]7C[C@H](n8cc(C)c(=O)[nH]c8=O)O[C@@H]7CO)nn6)C(C)(C)[C@@H]5CC[C@]43C)[C@@H]12. The Bertz CT molecular complexity index is 1880. The molecule has 1 saturated heterocycles. The first kappa shape index (κ1) is 38.3. The molecule has 298 valence electrons. The number of hydrogen-bond acceptors (Lipinski definition) is 8. The van der Waals surface area contributed by atoms with Gasteiger partial charge >= 0.3 is 5.69 Å². The summed E-state index contributed by atoms with van der Waals surface area (Å²) in [6.45, 7) is 21.7. The van der Waals surface area contributed by atoms with Crippen LogP contribution in [0.4, 0.5) is 0 Å². The van der Waals surface area contributed by atoms with Crippen molar-refractivity contribution in [3.05, 3.63) is 56.6 Å². The van der Waals surface area contributed by atoms with Crippen LogP contribution in [0, 0.1) is 63.6 Å². The van der Waals surface area contributed by atoms with Crippen molar-refractivity contribution in [3.63, 3.8) is 0 Å². The van der Waals surface area contributed by atoms with Gasteiger partial charge in [0.25, 0.3) is 5.56 Å². The fourth-order valence-electron chi connectivity index (χ4n) is 14.7. The second kappa shape index (κ2) is 13.2. The summed E-state index contributed by atoms with van der Waals surface area (Å²) in [6, 6.07) is -0.328. The van der Waals surface area contributed by atoms with Crippen molar-refractivity contribution in [3.8, 4) is 0 Å². The number of rotatable bonds is 8. The number of ether oxygens (including phenoxy) is 2. The molecule has 11 heteroatoms. The summed E-state index contributed by atoms with van der Waals surface area (Å²) in [5, 5.41) is 29.9. The summed E-state index contributed by atoms with van der Waals surface area (Å²) in [7, 11) is 0. The van der Waals surface area contributed by atoms with E-state index in [4.69, 9.17) is 9.47 Å². The quantitative estimate of drug-likeness (QED) is 0.260. The highest BCUT2D eigenvalue weighted by atomic mass is 16.5. The van der Waals surface area contributed by atoms with Crippen molar-refractivity contribution < 1.29 is 19.7 Å². The normalized spacial score (nSPS) is 43.9. The number of aryl methyl sites for hydroxylation is 1. The van der Waals surface area contributed by atoms with Crippen molar-refractivity contribution in [2.24, 2.45) is 56.7 Å². The maximum Gasteiger partial charge on any atom is 0.330 e. The lowest BCUT2D eigenvalue weighted by Gasteiger charge is -2.73. The number of H-pyrrole nitrogens is 1. The molecule has 13 atom stereocenters. The first-order chi connectivity index (χ1) is 25.5. The number of nitrogens with zero attached hydrogens (tertiary/aromatic N) is 4. The number of hydrogen-bond donors (Lipinski definition) is 3. The van der Waals surface area contributed by atoms with E-state index in [1.807, 2.05) is 6.20 Å². The van der Waals surface area contributed by atoms with Crippen LogP contribution in [0.2, 0.25) is 0 Å². The molecule has 2 aromatic rings. The van der Waals surface area contributed by atoms with Crippen molar-refractivity contribution >= 4 is 0 Å². The van der Waals surface area contributed by atoms with Gasteiger partial charge < -0.3 is 19.7 Å². The molecule has 0 amide bonds. The zero-order valence-corrected chi connectivity index (χ0v) is 33.8. The lowest BCUT2D eigenvalue weighted by atomic mass is 9.32. The molecule has 8 rings (SSSR count). The van der Waals surface area contributed by atoms with E-state index in [2.05, 4.69) is 63.4 Å². The van der Waals surface area contributed by atoms with Crippen LogP contribution in [0.5, 0.6) is 0 Å². The number of aliphatic hydroxyl groups is 2. The Morgan fingerprint density at radius 2 is 1.76 bits per heavy atom. The Morgan fingerprint density at radius 3 is 2.48 bits per heavy atom. The van der Waals surface area contributed by atoms with Crippen molar-refractivity contribution in [2.45, 2.75) is 150 Å². The van der Waals surface area contributed by atoms with Gasteiger partial charge in [-0.3, -0.25) is 14.3 Å². The van der Waals surface area contributed by atoms with E-state index >= 15 is 0 Å². The number of fused-ring (bicyclic) bond motifs is 7. The fourth-order valence-corrected chi connectivity index (χ4v) is 14.7. The third-order valence-corrected chi connectivity index (χ3v) is 17.7. The average Bonchev–Trinajstić information content (AvgIpc) is 3.87. The molecule has 5 saturated carbocycles.